The molecule has 0 bridgehead atoms. The molecule has 0 aromatic heterocycles. The Hall–Kier alpha value is -1.97. The maximum absolute atomic E-state index is 12.8. The predicted molar refractivity (Wildman–Crippen MR) is 60.9 cm³/mol. The van der Waals surface area contributed by atoms with E-state index in [0.29, 0.717) is 0 Å². The lowest BCUT2D eigenvalue weighted by Crippen LogP contribution is -2.22. The zero-order valence-electron chi connectivity index (χ0n) is 8.55. The van der Waals surface area contributed by atoms with Gasteiger partial charge in [-0.15, -0.1) is 0 Å². The second-order valence-corrected chi connectivity index (χ2v) is 3.77. The molecule has 2 aliphatic rings. The first-order valence-corrected chi connectivity index (χ1v) is 5.14. The van der Waals surface area contributed by atoms with Crippen LogP contribution in [0.3, 0.4) is 0 Å². The molecular weight excluding hydrogens is 205 g/mol. The molecule has 2 aliphatic heterocycles. The molecule has 1 atom stereocenters. The third kappa shape index (κ3) is 1.52. The van der Waals surface area contributed by atoms with E-state index in [9.17, 15) is 4.39 Å². The minimum Gasteiger partial charge on any atom is -0.315 e. The van der Waals surface area contributed by atoms with Crippen molar-refractivity contribution in [3.05, 3.63) is 47.9 Å². The first-order valence-electron chi connectivity index (χ1n) is 5.14. The van der Waals surface area contributed by atoms with Gasteiger partial charge in [-0.2, -0.15) is 0 Å². The highest BCUT2D eigenvalue weighted by molar-refractivity contribution is 5.95. The number of nitrogens with zero attached hydrogens (tertiary/aromatic N) is 3. The van der Waals surface area contributed by atoms with Gasteiger partial charge in [0.25, 0.3) is 0 Å². The van der Waals surface area contributed by atoms with E-state index in [1.54, 1.807) is 18.3 Å². The average Bonchev–Trinajstić information content (AvgIpc) is 2.73. The number of benzene rings is 1. The molecule has 80 valence electrons. The first kappa shape index (κ1) is 9.27. The lowest BCUT2D eigenvalue weighted by atomic mass is 10.1. The standard InChI is InChI=1S/C12H10FN3/c13-10-4-2-9(3-5-10)11-8-16-7-1-6-14-12(16)15-11/h1-7,11H,8H2. The van der Waals surface area contributed by atoms with Crippen LogP contribution < -0.4 is 0 Å². The predicted octanol–water partition coefficient (Wildman–Crippen LogP) is 2.14. The molecule has 0 aliphatic carbocycles. The Morgan fingerprint density at radius 1 is 1.25 bits per heavy atom. The van der Waals surface area contributed by atoms with Crippen molar-refractivity contribution < 1.29 is 4.39 Å². The van der Waals surface area contributed by atoms with Crippen molar-refractivity contribution in [2.24, 2.45) is 9.98 Å². The number of aliphatic imine (C=N–C) groups is 2. The minimum absolute atomic E-state index is 0.0514. The van der Waals surface area contributed by atoms with Crippen molar-refractivity contribution in [3.63, 3.8) is 0 Å². The van der Waals surface area contributed by atoms with Gasteiger partial charge in [-0.3, -0.25) is 0 Å². The Kier molecular flexibility index (Phi) is 2.06. The SMILES string of the molecule is Fc1ccc(C2CN3C=CC=NC3=N2)cc1. The highest BCUT2D eigenvalue weighted by Crippen LogP contribution is 2.26. The lowest BCUT2D eigenvalue weighted by molar-refractivity contribution is 0.545. The van der Waals surface area contributed by atoms with Crippen molar-refractivity contribution >= 4 is 12.2 Å². The van der Waals surface area contributed by atoms with Crippen LogP contribution >= 0.6 is 0 Å². The van der Waals surface area contributed by atoms with E-state index in [1.807, 2.05) is 17.2 Å². The molecule has 3 nitrogen and oxygen atoms in total. The molecule has 4 heteroatoms. The van der Waals surface area contributed by atoms with E-state index in [2.05, 4.69) is 9.98 Å². The Balaban J connectivity index is 1.88. The van der Waals surface area contributed by atoms with E-state index in [1.165, 1.54) is 12.1 Å². The van der Waals surface area contributed by atoms with Gasteiger partial charge in [0.15, 0.2) is 0 Å². The fourth-order valence-electron chi connectivity index (χ4n) is 1.87. The number of halogens is 1. The Labute approximate surface area is 92.6 Å². The Bertz CT molecular complexity index is 487. The van der Waals surface area contributed by atoms with E-state index < -0.39 is 0 Å². The summed E-state index contributed by atoms with van der Waals surface area (Å²) in [4.78, 5) is 10.6. The van der Waals surface area contributed by atoms with Crippen LogP contribution in [0.25, 0.3) is 0 Å². The number of guanidine groups is 1. The molecule has 1 aromatic carbocycles. The normalized spacial score (nSPS) is 22.2. The van der Waals surface area contributed by atoms with Crippen LogP contribution in [0.4, 0.5) is 4.39 Å². The third-order valence-corrected chi connectivity index (χ3v) is 2.69. The molecule has 0 spiro atoms. The van der Waals surface area contributed by atoms with Gasteiger partial charge in [0.05, 0.1) is 12.6 Å². The molecular formula is C12H10FN3. The first-order chi connectivity index (χ1) is 7.83. The van der Waals surface area contributed by atoms with Crippen LogP contribution in [-0.2, 0) is 0 Å². The fraction of sp³-hybridized carbons (Fsp3) is 0.167. The van der Waals surface area contributed by atoms with Gasteiger partial charge in [-0.25, -0.2) is 14.4 Å². The van der Waals surface area contributed by atoms with Crippen molar-refractivity contribution in [2.45, 2.75) is 6.04 Å². The van der Waals surface area contributed by atoms with Gasteiger partial charge in [-0.1, -0.05) is 12.1 Å². The molecule has 1 aromatic rings. The number of hydrogen-bond donors (Lipinski definition) is 0. The number of rotatable bonds is 1. The summed E-state index contributed by atoms with van der Waals surface area (Å²) in [6, 6.07) is 6.53. The van der Waals surface area contributed by atoms with E-state index in [0.717, 1.165) is 18.1 Å². The average molecular weight is 215 g/mol. The second kappa shape index (κ2) is 3.56. The van der Waals surface area contributed by atoms with Crippen LogP contribution in [0.2, 0.25) is 0 Å². The van der Waals surface area contributed by atoms with Crippen molar-refractivity contribution in [2.75, 3.05) is 6.54 Å². The van der Waals surface area contributed by atoms with Crippen LogP contribution in [-0.4, -0.2) is 23.6 Å². The summed E-state index contributed by atoms with van der Waals surface area (Å²) >= 11 is 0. The fourth-order valence-corrected chi connectivity index (χ4v) is 1.87. The Morgan fingerprint density at radius 3 is 2.81 bits per heavy atom. The smallest absolute Gasteiger partial charge is 0.225 e. The number of fused-ring (bicyclic) bond motifs is 1. The molecule has 2 heterocycles. The zero-order valence-corrected chi connectivity index (χ0v) is 8.55. The largest absolute Gasteiger partial charge is 0.315 e. The molecule has 0 fully saturated rings. The molecule has 16 heavy (non-hydrogen) atoms. The highest BCUT2D eigenvalue weighted by Gasteiger charge is 2.25. The van der Waals surface area contributed by atoms with Gasteiger partial charge in [0.1, 0.15) is 5.82 Å². The highest BCUT2D eigenvalue weighted by atomic mass is 19.1. The van der Waals surface area contributed by atoms with Crippen molar-refractivity contribution in [1.82, 2.24) is 4.90 Å². The summed E-state index contributed by atoms with van der Waals surface area (Å²) < 4.78 is 12.8. The molecule has 1 unspecified atom stereocenters. The van der Waals surface area contributed by atoms with E-state index in [4.69, 9.17) is 0 Å². The topological polar surface area (TPSA) is 28.0 Å². The van der Waals surface area contributed by atoms with Gasteiger partial charge >= 0.3 is 0 Å². The Morgan fingerprint density at radius 2 is 2.06 bits per heavy atom. The van der Waals surface area contributed by atoms with Gasteiger partial charge in [0.2, 0.25) is 5.96 Å². The van der Waals surface area contributed by atoms with E-state index in [-0.39, 0.29) is 11.9 Å². The maximum atomic E-state index is 12.8. The monoisotopic (exact) mass is 215 g/mol. The lowest BCUT2D eigenvalue weighted by Gasteiger charge is -2.14. The van der Waals surface area contributed by atoms with Crippen molar-refractivity contribution in [1.29, 1.82) is 0 Å². The summed E-state index contributed by atoms with van der Waals surface area (Å²) in [5.74, 6) is 0.516. The summed E-state index contributed by atoms with van der Waals surface area (Å²) in [6.45, 7) is 0.773. The van der Waals surface area contributed by atoms with Crippen LogP contribution in [0, 0.1) is 5.82 Å². The molecule has 0 amide bonds. The molecule has 0 saturated carbocycles. The maximum Gasteiger partial charge on any atom is 0.225 e. The number of allylic oxidation sites excluding steroid dienone is 1. The summed E-state index contributed by atoms with van der Waals surface area (Å²) in [6.07, 6.45) is 5.56. The van der Waals surface area contributed by atoms with Gasteiger partial charge in [0, 0.05) is 12.4 Å². The van der Waals surface area contributed by atoms with E-state index >= 15 is 0 Å². The molecule has 3 rings (SSSR count). The molecule has 0 saturated heterocycles. The van der Waals surface area contributed by atoms with Gasteiger partial charge in [-0.05, 0) is 23.8 Å². The summed E-state index contributed by atoms with van der Waals surface area (Å²) in [5, 5.41) is 0. The summed E-state index contributed by atoms with van der Waals surface area (Å²) in [7, 11) is 0. The summed E-state index contributed by atoms with van der Waals surface area (Å²) in [5.41, 5.74) is 1.02. The second-order valence-electron chi connectivity index (χ2n) is 3.77. The molecule has 0 N–H and O–H groups in total. The van der Waals surface area contributed by atoms with Gasteiger partial charge < -0.3 is 4.90 Å². The number of hydrogen-bond acceptors (Lipinski definition) is 3. The minimum atomic E-state index is -0.218. The third-order valence-electron chi connectivity index (χ3n) is 2.69. The zero-order chi connectivity index (χ0) is 11.0. The van der Waals surface area contributed by atoms with Crippen LogP contribution in [0.5, 0.6) is 0 Å². The molecule has 0 radical (unpaired) electrons. The van der Waals surface area contributed by atoms with Crippen LogP contribution in [0.1, 0.15) is 11.6 Å². The van der Waals surface area contributed by atoms with Crippen LogP contribution in [0.15, 0.2) is 46.5 Å². The quantitative estimate of drug-likeness (QED) is 0.705. The van der Waals surface area contributed by atoms with Crippen molar-refractivity contribution in [3.8, 4) is 0 Å².